The highest BCUT2D eigenvalue weighted by molar-refractivity contribution is 6.35. The van der Waals surface area contributed by atoms with Crippen molar-refractivity contribution >= 4 is 52.6 Å². The first-order chi connectivity index (χ1) is 18.7. The Balaban J connectivity index is 1.31. The molecule has 0 bridgehead atoms. The van der Waals surface area contributed by atoms with E-state index in [-0.39, 0.29) is 18.4 Å². The number of carbonyl (C=O) groups is 2. The summed E-state index contributed by atoms with van der Waals surface area (Å²) < 4.78 is 6.42. The molecule has 2 aliphatic rings. The zero-order valence-electron chi connectivity index (χ0n) is 22.5. The molecule has 3 aromatic rings. The molecule has 0 aliphatic carbocycles. The molecule has 0 amide bonds. The Hall–Kier alpha value is -2.75. The molecule has 2 aliphatic heterocycles. The van der Waals surface area contributed by atoms with Crippen LogP contribution < -0.4 is 4.90 Å². The standard InChI is InChI=1S/C28H34Cl2N6O3/c1-17-14-35(10-8-24(17)34-9-4-5-20(15-34)11-26(38)39-16-37)25-13-31-27-18(2)33-36(28(27)32-25)19(3)22-7-6-21(29)12-23(22)30/h6-7,12-13,16-17,19-20,24H,4-5,8-11,14-15H2,1-3H3/t17-,19-,20+,24+/m1/s1. The van der Waals surface area contributed by atoms with Gasteiger partial charge in [0.25, 0.3) is 0 Å². The summed E-state index contributed by atoms with van der Waals surface area (Å²) in [7, 11) is 0. The van der Waals surface area contributed by atoms with Gasteiger partial charge >= 0.3 is 12.4 Å². The van der Waals surface area contributed by atoms with Crippen molar-refractivity contribution in [3.63, 3.8) is 0 Å². The van der Waals surface area contributed by atoms with Crippen molar-refractivity contribution in [2.24, 2.45) is 11.8 Å². The second-order valence-electron chi connectivity index (χ2n) is 10.8. The molecule has 0 radical (unpaired) electrons. The molecule has 2 aromatic heterocycles. The molecule has 4 heterocycles. The number of halogens is 2. The van der Waals surface area contributed by atoms with E-state index >= 15 is 0 Å². The van der Waals surface area contributed by atoms with E-state index in [4.69, 9.17) is 38.3 Å². The van der Waals surface area contributed by atoms with Gasteiger partial charge in [-0.15, -0.1) is 0 Å². The minimum Gasteiger partial charge on any atom is -0.395 e. The van der Waals surface area contributed by atoms with Crippen LogP contribution in [0.15, 0.2) is 24.4 Å². The van der Waals surface area contributed by atoms with Crippen molar-refractivity contribution in [2.45, 2.75) is 58.5 Å². The van der Waals surface area contributed by atoms with Crippen LogP contribution in [0.25, 0.3) is 11.2 Å². The third kappa shape index (κ3) is 5.90. The predicted molar refractivity (Wildman–Crippen MR) is 151 cm³/mol. The van der Waals surface area contributed by atoms with E-state index in [1.54, 1.807) is 6.07 Å². The van der Waals surface area contributed by atoms with Crippen molar-refractivity contribution in [2.75, 3.05) is 31.1 Å². The van der Waals surface area contributed by atoms with E-state index in [0.717, 1.165) is 73.7 Å². The SMILES string of the molecule is Cc1nn([C@H](C)c2ccc(Cl)cc2Cl)c2nc(N3CC[C@H](N4CCC[C@@H](CC(=O)OC=O)C4)[C@H](C)C3)cnc12. The lowest BCUT2D eigenvalue weighted by Crippen LogP contribution is -2.53. The molecule has 0 N–H and O–H groups in total. The van der Waals surface area contributed by atoms with Crippen molar-refractivity contribution in [3.05, 3.63) is 45.7 Å². The van der Waals surface area contributed by atoms with Gasteiger partial charge in [-0.1, -0.05) is 36.2 Å². The van der Waals surface area contributed by atoms with Crippen LogP contribution in [0.4, 0.5) is 5.82 Å². The highest BCUT2D eigenvalue weighted by atomic mass is 35.5. The van der Waals surface area contributed by atoms with Crippen molar-refractivity contribution in [3.8, 4) is 0 Å². The fourth-order valence-corrected chi connectivity index (χ4v) is 6.79. The molecule has 5 rings (SSSR count). The average Bonchev–Trinajstić information content (AvgIpc) is 3.24. The summed E-state index contributed by atoms with van der Waals surface area (Å²) in [4.78, 5) is 36.9. The summed E-state index contributed by atoms with van der Waals surface area (Å²) >= 11 is 12.6. The van der Waals surface area contributed by atoms with Gasteiger partial charge in [-0.05, 0) is 69.2 Å². The highest BCUT2D eigenvalue weighted by Crippen LogP contribution is 2.33. The average molecular weight is 574 g/mol. The number of aryl methyl sites for hydroxylation is 1. The van der Waals surface area contributed by atoms with E-state index in [1.165, 1.54) is 0 Å². The molecule has 11 heteroatoms. The maximum Gasteiger partial charge on any atom is 0.313 e. The number of anilines is 1. The molecule has 0 spiro atoms. The summed E-state index contributed by atoms with van der Waals surface area (Å²) in [5.41, 5.74) is 3.27. The number of nitrogens with zero attached hydrogens (tertiary/aromatic N) is 6. The molecule has 208 valence electrons. The first-order valence-corrected chi connectivity index (χ1v) is 14.3. The fourth-order valence-electron chi connectivity index (χ4n) is 6.22. The van der Waals surface area contributed by atoms with E-state index in [9.17, 15) is 9.59 Å². The van der Waals surface area contributed by atoms with Crippen LogP contribution in [-0.2, 0) is 14.3 Å². The van der Waals surface area contributed by atoms with Gasteiger partial charge < -0.3 is 9.64 Å². The number of fused-ring (bicyclic) bond motifs is 1. The lowest BCUT2D eigenvalue weighted by Gasteiger charge is -2.45. The first-order valence-electron chi connectivity index (χ1n) is 13.5. The Labute approximate surface area is 238 Å². The number of benzene rings is 1. The number of piperidine rings is 2. The van der Waals surface area contributed by atoms with Crippen LogP contribution in [0.5, 0.6) is 0 Å². The zero-order chi connectivity index (χ0) is 27.7. The van der Waals surface area contributed by atoms with Crippen LogP contribution in [0, 0.1) is 18.8 Å². The Morgan fingerprint density at radius 2 is 2.05 bits per heavy atom. The van der Waals surface area contributed by atoms with Gasteiger partial charge in [0.2, 0.25) is 0 Å². The molecular formula is C28H34Cl2N6O3. The van der Waals surface area contributed by atoms with E-state index < -0.39 is 5.97 Å². The maximum atomic E-state index is 11.8. The summed E-state index contributed by atoms with van der Waals surface area (Å²) in [6.45, 7) is 10.1. The lowest BCUT2D eigenvalue weighted by molar-refractivity contribution is -0.152. The minimum absolute atomic E-state index is 0.143. The zero-order valence-corrected chi connectivity index (χ0v) is 24.0. The van der Waals surface area contributed by atoms with E-state index in [2.05, 4.69) is 21.5 Å². The Kier molecular flexibility index (Phi) is 8.40. The molecule has 9 nitrogen and oxygen atoms in total. The van der Waals surface area contributed by atoms with Crippen molar-refractivity contribution < 1.29 is 14.3 Å². The van der Waals surface area contributed by atoms with Crippen molar-refractivity contribution in [1.82, 2.24) is 24.6 Å². The number of esters is 1. The van der Waals surface area contributed by atoms with Crippen LogP contribution in [0.3, 0.4) is 0 Å². The van der Waals surface area contributed by atoms with Crippen molar-refractivity contribution in [1.29, 1.82) is 0 Å². The van der Waals surface area contributed by atoms with Crippen LogP contribution in [0.1, 0.15) is 56.8 Å². The van der Waals surface area contributed by atoms with E-state index in [0.29, 0.717) is 28.4 Å². The number of carbonyl (C=O) groups excluding carboxylic acids is 2. The molecular weight excluding hydrogens is 539 g/mol. The lowest BCUT2D eigenvalue weighted by atomic mass is 9.87. The van der Waals surface area contributed by atoms with Gasteiger partial charge in [-0.25, -0.2) is 14.6 Å². The topological polar surface area (TPSA) is 93.5 Å². The van der Waals surface area contributed by atoms with Gasteiger partial charge in [-0.3, -0.25) is 14.5 Å². The molecule has 0 unspecified atom stereocenters. The van der Waals surface area contributed by atoms with Crippen LogP contribution in [-0.4, -0.2) is 69.3 Å². The van der Waals surface area contributed by atoms with Crippen LogP contribution in [0.2, 0.25) is 10.0 Å². The third-order valence-corrected chi connectivity index (χ3v) is 8.74. The monoisotopic (exact) mass is 572 g/mol. The maximum absolute atomic E-state index is 11.8. The molecule has 39 heavy (non-hydrogen) atoms. The Bertz CT molecular complexity index is 1360. The normalized spacial score (nSPS) is 23.1. The number of aromatic nitrogens is 4. The Morgan fingerprint density at radius 1 is 1.23 bits per heavy atom. The van der Waals surface area contributed by atoms with Gasteiger partial charge in [0.15, 0.2) is 5.65 Å². The second kappa shape index (κ2) is 11.8. The fraction of sp³-hybridized carbons (Fsp3) is 0.536. The molecule has 2 saturated heterocycles. The van der Waals surface area contributed by atoms with E-state index in [1.807, 2.05) is 36.9 Å². The summed E-state index contributed by atoms with van der Waals surface area (Å²) in [5, 5.41) is 5.96. The number of ether oxygens (including phenoxy) is 1. The number of hydrogen-bond donors (Lipinski definition) is 0. The minimum atomic E-state index is -0.434. The van der Waals surface area contributed by atoms with Gasteiger partial charge in [0.05, 0.1) is 24.4 Å². The van der Waals surface area contributed by atoms with Crippen LogP contribution >= 0.6 is 23.2 Å². The number of rotatable bonds is 7. The smallest absolute Gasteiger partial charge is 0.313 e. The number of likely N-dealkylation sites (tertiary alicyclic amines) is 1. The number of hydrogen-bond acceptors (Lipinski definition) is 8. The van der Waals surface area contributed by atoms with Gasteiger partial charge in [0.1, 0.15) is 11.3 Å². The van der Waals surface area contributed by atoms with Gasteiger partial charge in [0, 0.05) is 35.7 Å². The molecule has 0 saturated carbocycles. The quantitative estimate of drug-likeness (QED) is 0.220. The highest BCUT2D eigenvalue weighted by Gasteiger charge is 2.34. The molecule has 1 aromatic carbocycles. The summed E-state index contributed by atoms with van der Waals surface area (Å²) in [5.74, 6) is 1.05. The molecule has 2 fully saturated rings. The second-order valence-corrected chi connectivity index (χ2v) is 11.7. The first kappa shape index (κ1) is 27.8. The Morgan fingerprint density at radius 3 is 2.79 bits per heavy atom. The molecule has 4 atom stereocenters. The van der Waals surface area contributed by atoms with Gasteiger partial charge in [-0.2, -0.15) is 5.10 Å². The summed E-state index contributed by atoms with van der Waals surface area (Å²) in [6, 6.07) is 5.80. The largest absolute Gasteiger partial charge is 0.395 e. The predicted octanol–water partition coefficient (Wildman–Crippen LogP) is 5.07. The third-order valence-electron chi connectivity index (χ3n) is 8.18. The summed E-state index contributed by atoms with van der Waals surface area (Å²) in [6.07, 6.45) is 5.18.